The average Bonchev–Trinajstić information content (AvgIpc) is 3.31. The van der Waals surface area contributed by atoms with Gasteiger partial charge in [0.05, 0.1) is 24.0 Å². The lowest BCUT2D eigenvalue weighted by Crippen LogP contribution is -2.37. The number of benzene rings is 3. The van der Waals surface area contributed by atoms with E-state index in [0.717, 1.165) is 15.7 Å². The van der Waals surface area contributed by atoms with Gasteiger partial charge in [0, 0.05) is 4.47 Å². The molecule has 0 N–H and O–H groups in total. The highest BCUT2D eigenvalue weighted by Crippen LogP contribution is 2.47. The van der Waals surface area contributed by atoms with Crippen LogP contribution in [0.5, 0.6) is 5.75 Å². The number of carbonyl (C=O) groups is 2. The molecule has 2 fully saturated rings. The first-order valence-corrected chi connectivity index (χ1v) is 11.2. The molecule has 3 atom stereocenters. The van der Waals surface area contributed by atoms with Gasteiger partial charge in [-0.1, -0.05) is 46.3 Å². The van der Waals surface area contributed by atoms with Gasteiger partial charge >= 0.3 is 0 Å². The van der Waals surface area contributed by atoms with Gasteiger partial charge in [-0.2, -0.15) is 0 Å². The second-order valence-corrected chi connectivity index (χ2v) is 8.57. The van der Waals surface area contributed by atoms with Gasteiger partial charge < -0.3 is 4.74 Å². The first-order valence-electron chi connectivity index (χ1n) is 10.5. The first kappa shape index (κ1) is 20.7. The molecule has 0 radical (unpaired) electrons. The number of anilines is 2. The summed E-state index contributed by atoms with van der Waals surface area (Å²) in [6.45, 7) is 2.45. The van der Waals surface area contributed by atoms with E-state index >= 15 is 0 Å². The number of fused-ring (bicyclic) bond motifs is 1. The topological polar surface area (TPSA) is 59.1 Å². The maximum Gasteiger partial charge on any atom is 0.266 e. The molecule has 2 amide bonds. The Morgan fingerprint density at radius 1 is 0.906 bits per heavy atom. The number of ether oxygens (including phenoxy) is 1. The summed E-state index contributed by atoms with van der Waals surface area (Å²) in [5, 5.41) is 1.70. The monoisotopic (exact) mass is 492 g/mol. The second kappa shape index (κ2) is 8.41. The predicted octanol–water partition coefficient (Wildman–Crippen LogP) is 4.90. The zero-order chi connectivity index (χ0) is 22.2. The molecular weight excluding hydrogens is 472 g/mol. The molecule has 0 unspecified atom stereocenters. The van der Waals surface area contributed by atoms with E-state index in [1.807, 2.05) is 61.5 Å². The molecule has 3 aromatic rings. The minimum atomic E-state index is -0.891. The Kier molecular flexibility index (Phi) is 5.45. The SMILES string of the molecule is CCOc1ccc(N2C(=O)[C@H]3[C@@H](c4cccc(Br)c4)N(c4ccccc4)O[C@H]3C2=O)cc1. The van der Waals surface area contributed by atoms with Crippen LogP contribution in [0.4, 0.5) is 11.4 Å². The van der Waals surface area contributed by atoms with E-state index < -0.39 is 18.1 Å². The highest BCUT2D eigenvalue weighted by molar-refractivity contribution is 9.10. The molecule has 2 heterocycles. The van der Waals surface area contributed by atoms with E-state index in [4.69, 9.17) is 9.57 Å². The Morgan fingerprint density at radius 3 is 2.34 bits per heavy atom. The van der Waals surface area contributed by atoms with E-state index in [9.17, 15) is 9.59 Å². The molecule has 2 aliphatic heterocycles. The summed E-state index contributed by atoms with van der Waals surface area (Å²) >= 11 is 3.52. The maximum absolute atomic E-state index is 13.6. The van der Waals surface area contributed by atoms with Crippen LogP contribution in [0.25, 0.3) is 0 Å². The normalized spacial score (nSPS) is 22.4. The molecule has 162 valence electrons. The summed E-state index contributed by atoms with van der Waals surface area (Å²) in [5.41, 5.74) is 2.20. The van der Waals surface area contributed by atoms with E-state index in [1.165, 1.54) is 4.90 Å². The number of carbonyl (C=O) groups excluding carboxylic acids is 2. The number of hydrogen-bond acceptors (Lipinski definition) is 5. The molecule has 0 spiro atoms. The van der Waals surface area contributed by atoms with Gasteiger partial charge in [0.1, 0.15) is 11.7 Å². The van der Waals surface area contributed by atoms with Crippen LogP contribution in [-0.4, -0.2) is 24.5 Å². The zero-order valence-corrected chi connectivity index (χ0v) is 18.9. The van der Waals surface area contributed by atoms with Crippen molar-refractivity contribution in [2.45, 2.75) is 19.1 Å². The van der Waals surface area contributed by atoms with Crippen LogP contribution in [0.2, 0.25) is 0 Å². The van der Waals surface area contributed by atoms with Crippen molar-refractivity contribution < 1.29 is 19.2 Å². The maximum atomic E-state index is 13.6. The zero-order valence-electron chi connectivity index (χ0n) is 17.4. The third-order valence-electron chi connectivity index (χ3n) is 5.72. The fourth-order valence-corrected chi connectivity index (χ4v) is 4.77. The van der Waals surface area contributed by atoms with E-state index in [0.29, 0.717) is 18.0 Å². The third kappa shape index (κ3) is 3.47. The molecule has 2 saturated heterocycles. The number of nitrogens with zero attached hydrogens (tertiary/aromatic N) is 2. The van der Waals surface area contributed by atoms with Crippen molar-refractivity contribution >= 4 is 39.1 Å². The molecular formula is C25H21BrN2O4. The van der Waals surface area contributed by atoms with Crippen molar-refractivity contribution in [2.24, 2.45) is 5.92 Å². The van der Waals surface area contributed by atoms with Gasteiger partial charge in [-0.15, -0.1) is 0 Å². The van der Waals surface area contributed by atoms with E-state index in [-0.39, 0.29) is 11.8 Å². The summed E-state index contributed by atoms with van der Waals surface area (Å²) < 4.78 is 6.37. The smallest absolute Gasteiger partial charge is 0.266 e. The summed E-state index contributed by atoms with van der Waals surface area (Å²) in [6, 6.07) is 23.8. The van der Waals surface area contributed by atoms with E-state index in [2.05, 4.69) is 15.9 Å². The van der Waals surface area contributed by atoms with Crippen LogP contribution in [-0.2, 0) is 14.4 Å². The summed E-state index contributed by atoms with van der Waals surface area (Å²) in [5.74, 6) is -0.604. The lowest BCUT2D eigenvalue weighted by molar-refractivity contribution is -0.126. The molecule has 7 heteroatoms. The van der Waals surface area contributed by atoms with Crippen LogP contribution in [0.3, 0.4) is 0 Å². The molecule has 0 saturated carbocycles. The van der Waals surface area contributed by atoms with Gasteiger partial charge in [0.2, 0.25) is 5.91 Å². The third-order valence-corrected chi connectivity index (χ3v) is 6.22. The van der Waals surface area contributed by atoms with Crippen molar-refractivity contribution in [3.05, 3.63) is 88.9 Å². The molecule has 5 rings (SSSR count). The van der Waals surface area contributed by atoms with E-state index in [1.54, 1.807) is 29.3 Å². The molecule has 2 aliphatic rings. The Bertz CT molecular complexity index is 1150. The number of hydroxylamine groups is 1. The number of rotatable bonds is 5. The highest BCUT2D eigenvalue weighted by Gasteiger charge is 2.60. The van der Waals surface area contributed by atoms with Crippen LogP contribution >= 0.6 is 15.9 Å². The molecule has 3 aromatic carbocycles. The summed E-state index contributed by atoms with van der Waals surface area (Å²) in [7, 11) is 0. The van der Waals surface area contributed by atoms with Crippen LogP contribution in [0, 0.1) is 5.92 Å². The Morgan fingerprint density at radius 2 is 1.66 bits per heavy atom. The fourth-order valence-electron chi connectivity index (χ4n) is 4.36. The number of imide groups is 1. The van der Waals surface area contributed by atoms with Crippen molar-refractivity contribution in [3.63, 3.8) is 0 Å². The van der Waals surface area contributed by atoms with Crippen molar-refractivity contribution in [3.8, 4) is 5.75 Å². The van der Waals surface area contributed by atoms with Crippen molar-refractivity contribution in [1.29, 1.82) is 0 Å². The van der Waals surface area contributed by atoms with Gasteiger partial charge in [-0.25, -0.2) is 9.96 Å². The van der Waals surface area contributed by atoms with Crippen LogP contribution < -0.4 is 14.7 Å². The molecule has 0 aromatic heterocycles. The fraction of sp³-hybridized carbons (Fsp3) is 0.200. The van der Waals surface area contributed by atoms with Crippen LogP contribution in [0.15, 0.2) is 83.3 Å². The standard InChI is InChI=1S/C25H21BrN2O4/c1-2-31-20-13-11-18(12-14-20)27-24(29)21-22(16-7-6-8-17(26)15-16)28(32-23(21)25(27)30)19-9-4-3-5-10-19/h3-15,21-23H,2H2,1H3/t21-,22+,23+/m0/s1. The summed E-state index contributed by atoms with van der Waals surface area (Å²) in [4.78, 5) is 34.3. The number of hydrogen-bond donors (Lipinski definition) is 0. The first-order chi connectivity index (χ1) is 15.6. The van der Waals surface area contributed by atoms with Gasteiger partial charge in [-0.05, 0) is 61.0 Å². The minimum Gasteiger partial charge on any atom is -0.494 e. The Balaban J connectivity index is 1.54. The molecule has 0 aliphatic carbocycles. The van der Waals surface area contributed by atoms with Crippen molar-refractivity contribution in [1.82, 2.24) is 0 Å². The number of halogens is 1. The van der Waals surface area contributed by atoms with Gasteiger partial charge in [0.15, 0.2) is 6.10 Å². The van der Waals surface area contributed by atoms with Crippen molar-refractivity contribution in [2.75, 3.05) is 16.6 Å². The molecule has 0 bridgehead atoms. The number of amides is 2. The minimum absolute atomic E-state index is 0.271. The average molecular weight is 493 g/mol. The molecule has 32 heavy (non-hydrogen) atoms. The van der Waals surface area contributed by atoms with Gasteiger partial charge in [-0.3, -0.25) is 14.4 Å². The largest absolute Gasteiger partial charge is 0.494 e. The quantitative estimate of drug-likeness (QED) is 0.474. The number of para-hydroxylation sites is 1. The lowest BCUT2D eigenvalue weighted by Gasteiger charge is -2.28. The summed E-state index contributed by atoms with van der Waals surface area (Å²) in [6.07, 6.45) is -0.891. The molecule has 6 nitrogen and oxygen atoms in total. The highest BCUT2D eigenvalue weighted by atomic mass is 79.9. The van der Waals surface area contributed by atoms with Gasteiger partial charge in [0.25, 0.3) is 5.91 Å². The Labute approximate surface area is 194 Å². The van der Waals surface area contributed by atoms with Crippen LogP contribution in [0.1, 0.15) is 18.5 Å². The predicted molar refractivity (Wildman–Crippen MR) is 124 cm³/mol. The second-order valence-electron chi connectivity index (χ2n) is 7.65. The Hall–Kier alpha value is -3.16. The lowest BCUT2D eigenvalue weighted by atomic mass is 9.90.